The summed E-state index contributed by atoms with van der Waals surface area (Å²) in [7, 11) is 0. The second-order valence-corrected chi connectivity index (χ2v) is 12.7. The van der Waals surface area contributed by atoms with E-state index in [1.54, 1.807) is 49.9 Å². The number of esters is 1. The molecule has 0 unspecified atom stereocenters. The SMILES string of the molecule is CC1=C(C(=O)OC(C)C)[C@H](c2ccc(Cl)cc2)n2c(s/c(=C3\C(=O)N(Cc4ccccc4)c4ccc(Br)cc43)c2=O)=N1. The Morgan fingerprint density at radius 3 is 2.48 bits per heavy atom. The van der Waals surface area contributed by atoms with Gasteiger partial charge in [0.15, 0.2) is 4.80 Å². The third-order valence-electron chi connectivity index (χ3n) is 7.13. The number of ether oxygens (including phenoxy) is 1. The first-order valence-electron chi connectivity index (χ1n) is 13.3. The van der Waals surface area contributed by atoms with Gasteiger partial charge in [-0.3, -0.25) is 14.2 Å². The van der Waals surface area contributed by atoms with E-state index in [4.69, 9.17) is 16.3 Å². The van der Waals surface area contributed by atoms with Gasteiger partial charge >= 0.3 is 5.97 Å². The number of hydrogen-bond acceptors (Lipinski definition) is 6. The minimum Gasteiger partial charge on any atom is -0.459 e. The van der Waals surface area contributed by atoms with Gasteiger partial charge < -0.3 is 9.64 Å². The van der Waals surface area contributed by atoms with E-state index in [1.807, 2.05) is 48.5 Å². The molecule has 10 heteroatoms. The smallest absolute Gasteiger partial charge is 0.338 e. The van der Waals surface area contributed by atoms with Crippen LogP contribution in [0.5, 0.6) is 0 Å². The monoisotopic (exact) mass is 661 g/mol. The van der Waals surface area contributed by atoms with Gasteiger partial charge in [0, 0.05) is 15.1 Å². The fourth-order valence-corrected chi connectivity index (χ4v) is 6.94. The van der Waals surface area contributed by atoms with E-state index in [-0.39, 0.29) is 22.1 Å². The molecule has 1 aromatic heterocycles. The lowest BCUT2D eigenvalue weighted by atomic mass is 9.96. The van der Waals surface area contributed by atoms with Crippen molar-refractivity contribution in [1.82, 2.24) is 4.57 Å². The molecule has 212 valence electrons. The molecule has 1 amide bonds. The molecule has 1 atom stereocenters. The molecule has 0 aliphatic carbocycles. The lowest BCUT2D eigenvalue weighted by molar-refractivity contribution is -0.143. The minimum atomic E-state index is -0.807. The lowest BCUT2D eigenvalue weighted by Gasteiger charge is -2.25. The fraction of sp³-hybridized carbons (Fsp3) is 0.188. The number of nitrogens with zero attached hydrogens (tertiary/aromatic N) is 3. The van der Waals surface area contributed by atoms with Crippen LogP contribution in [0.1, 0.15) is 43.5 Å². The summed E-state index contributed by atoms with van der Waals surface area (Å²) in [5.41, 5.74) is 3.65. The second kappa shape index (κ2) is 11.1. The van der Waals surface area contributed by atoms with Crippen molar-refractivity contribution < 1.29 is 14.3 Å². The van der Waals surface area contributed by atoms with Crippen LogP contribution in [0.3, 0.4) is 0 Å². The van der Waals surface area contributed by atoms with Crippen molar-refractivity contribution in [3.05, 3.63) is 130 Å². The molecule has 0 bridgehead atoms. The van der Waals surface area contributed by atoms with Crippen molar-refractivity contribution in [3.63, 3.8) is 0 Å². The van der Waals surface area contributed by atoms with Gasteiger partial charge in [-0.1, -0.05) is 81.3 Å². The third kappa shape index (κ3) is 4.95. The molecule has 3 aromatic carbocycles. The molecular weight excluding hydrogens is 638 g/mol. The van der Waals surface area contributed by atoms with E-state index >= 15 is 0 Å². The summed E-state index contributed by atoms with van der Waals surface area (Å²) in [5, 5.41) is 0.526. The summed E-state index contributed by atoms with van der Waals surface area (Å²) in [4.78, 5) is 48.6. The van der Waals surface area contributed by atoms with Crippen LogP contribution in [0, 0.1) is 0 Å². The molecule has 3 heterocycles. The molecule has 7 nitrogen and oxygen atoms in total. The Morgan fingerprint density at radius 1 is 1.07 bits per heavy atom. The largest absolute Gasteiger partial charge is 0.459 e. The first-order chi connectivity index (χ1) is 20.1. The molecule has 2 aliphatic rings. The van der Waals surface area contributed by atoms with Crippen LogP contribution < -0.4 is 19.8 Å². The van der Waals surface area contributed by atoms with E-state index in [0.717, 1.165) is 27.1 Å². The summed E-state index contributed by atoms with van der Waals surface area (Å²) in [6.07, 6.45) is -0.364. The number of rotatable bonds is 5. The fourth-order valence-electron chi connectivity index (χ4n) is 5.32. The summed E-state index contributed by atoms with van der Waals surface area (Å²) >= 11 is 10.9. The molecule has 2 aliphatic heterocycles. The second-order valence-electron chi connectivity index (χ2n) is 10.3. The van der Waals surface area contributed by atoms with Crippen LogP contribution in [-0.4, -0.2) is 22.5 Å². The first-order valence-corrected chi connectivity index (χ1v) is 15.3. The van der Waals surface area contributed by atoms with Crippen molar-refractivity contribution >= 4 is 62.0 Å². The van der Waals surface area contributed by atoms with Crippen LogP contribution in [0.15, 0.2) is 98.3 Å². The number of amides is 1. The van der Waals surface area contributed by atoms with Crippen molar-refractivity contribution in [1.29, 1.82) is 0 Å². The lowest BCUT2D eigenvalue weighted by Crippen LogP contribution is -2.41. The standard InChI is InChI=1S/C32H25BrClN3O4S/c1-17(2)41-31(40)25-18(3)35-32-37(27(25)20-9-12-22(34)13-10-20)30(39)28(42-32)26-23-15-21(33)11-14-24(23)36(29(26)38)16-19-7-5-4-6-8-19/h4-15,17,27H,16H2,1-3H3/b28-26-/t27-/m0/s1. The Bertz CT molecular complexity index is 1960. The van der Waals surface area contributed by atoms with E-state index in [1.165, 1.54) is 4.57 Å². The highest BCUT2D eigenvalue weighted by atomic mass is 79.9. The summed E-state index contributed by atoms with van der Waals surface area (Å²) in [6.45, 7) is 5.62. The average molecular weight is 663 g/mol. The summed E-state index contributed by atoms with van der Waals surface area (Å²) < 4.78 is 8.12. The topological polar surface area (TPSA) is 81.0 Å². The number of benzene rings is 3. The van der Waals surface area contributed by atoms with E-state index in [9.17, 15) is 14.4 Å². The quantitative estimate of drug-likeness (QED) is 0.264. The number of carbonyl (C=O) groups excluding carboxylic acids is 2. The highest BCUT2D eigenvalue weighted by Crippen LogP contribution is 2.38. The summed E-state index contributed by atoms with van der Waals surface area (Å²) in [5.74, 6) is -0.820. The van der Waals surface area contributed by atoms with E-state index in [2.05, 4.69) is 20.9 Å². The number of anilines is 1. The maximum atomic E-state index is 14.4. The highest BCUT2D eigenvalue weighted by Gasteiger charge is 2.37. The summed E-state index contributed by atoms with van der Waals surface area (Å²) in [6, 6.07) is 21.5. The number of aromatic nitrogens is 1. The van der Waals surface area contributed by atoms with Gasteiger partial charge in [-0.05, 0) is 62.2 Å². The normalized spacial score (nSPS) is 17.3. The maximum absolute atomic E-state index is 14.4. The van der Waals surface area contributed by atoms with Crippen LogP contribution >= 0.6 is 38.9 Å². The Labute approximate surface area is 259 Å². The average Bonchev–Trinajstić information content (AvgIpc) is 3.40. The predicted molar refractivity (Wildman–Crippen MR) is 167 cm³/mol. The van der Waals surface area contributed by atoms with Crippen LogP contribution in [0.2, 0.25) is 5.02 Å². The van der Waals surface area contributed by atoms with Gasteiger partial charge in [-0.2, -0.15) is 0 Å². The molecule has 4 aromatic rings. The number of fused-ring (bicyclic) bond motifs is 2. The Balaban J connectivity index is 1.59. The van der Waals surface area contributed by atoms with Gasteiger partial charge in [0.25, 0.3) is 11.5 Å². The third-order valence-corrected chi connectivity index (χ3v) is 8.93. The zero-order chi connectivity index (χ0) is 29.7. The molecule has 6 rings (SSSR count). The minimum absolute atomic E-state index is 0.263. The van der Waals surface area contributed by atoms with Gasteiger partial charge in [-0.15, -0.1) is 0 Å². The molecule has 0 fully saturated rings. The number of carbonyl (C=O) groups is 2. The molecule has 0 spiro atoms. The van der Waals surface area contributed by atoms with Gasteiger partial charge in [-0.25, -0.2) is 9.79 Å². The number of thiazole rings is 1. The van der Waals surface area contributed by atoms with Crippen molar-refractivity contribution in [3.8, 4) is 0 Å². The van der Waals surface area contributed by atoms with Crippen molar-refractivity contribution in [2.75, 3.05) is 4.90 Å². The van der Waals surface area contributed by atoms with E-state index in [0.29, 0.717) is 38.8 Å². The van der Waals surface area contributed by atoms with Crippen molar-refractivity contribution in [2.45, 2.75) is 39.5 Å². The Kier molecular flexibility index (Phi) is 7.51. The van der Waals surface area contributed by atoms with Crippen LogP contribution in [0.4, 0.5) is 5.69 Å². The van der Waals surface area contributed by atoms with Gasteiger partial charge in [0.05, 0.1) is 41.2 Å². The molecule has 42 heavy (non-hydrogen) atoms. The molecular formula is C32H25BrClN3O4S. The number of hydrogen-bond donors (Lipinski definition) is 0. The zero-order valence-corrected chi connectivity index (χ0v) is 26.1. The van der Waals surface area contributed by atoms with Crippen LogP contribution in [0.25, 0.3) is 5.57 Å². The molecule has 0 N–H and O–H groups in total. The maximum Gasteiger partial charge on any atom is 0.338 e. The predicted octanol–water partition coefficient (Wildman–Crippen LogP) is 5.52. The van der Waals surface area contributed by atoms with Crippen molar-refractivity contribution in [2.24, 2.45) is 4.99 Å². The Morgan fingerprint density at radius 2 is 1.79 bits per heavy atom. The Hall–Kier alpha value is -3.79. The molecule has 0 radical (unpaired) electrons. The van der Waals surface area contributed by atoms with E-state index < -0.39 is 17.6 Å². The highest BCUT2D eigenvalue weighted by molar-refractivity contribution is 9.10. The zero-order valence-electron chi connectivity index (χ0n) is 22.9. The van der Waals surface area contributed by atoms with Gasteiger partial charge in [0.2, 0.25) is 0 Å². The number of allylic oxidation sites excluding steroid dienone is 1. The van der Waals surface area contributed by atoms with Crippen LogP contribution in [-0.2, 0) is 20.9 Å². The molecule has 0 saturated heterocycles. The number of halogens is 2. The van der Waals surface area contributed by atoms with Gasteiger partial charge in [0.1, 0.15) is 4.53 Å². The first kappa shape index (κ1) is 28.3. The molecule has 0 saturated carbocycles.